The van der Waals surface area contributed by atoms with Crippen molar-refractivity contribution in [3.63, 3.8) is 0 Å². The van der Waals surface area contributed by atoms with Gasteiger partial charge in [-0.2, -0.15) is 0 Å². The number of unbranched alkanes of at least 4 members (excludes halogenated alkanes) is 1. The number of aromatic amines is 1. The van der Waals surface area contributed by atoms with Gasteiger partial charge in [0.15, 0.2) is 0 Å². The number of aromatic nitrogens is 2. The van der Waals surface area contributed by atoms with E-state index in [0.717, 1.165) is 0 Å². The van der Waals surface area contributed by atoms with Gasteiger partial charge in [0.05, 0.1) is 12.7 Å². The summed E-state index contributed by atoms with van der Waals surface area (Å²) in [4.78, 5) is 67.6. The van der Waals surface area contributed by atoms with E-state index in [9.17, 15) is 34.2 Å². The van der Waals surface area contributed by atoms with Crippen LogP contribution in [-0.2, 0) is 30.4 Å². The molecule has 13 nitrogen and oxygen atoms in total. The third-order valence-corrected chi connectivity index (χ3v) is 4.86. The van der Waals surface area contributed by atoms with E-state index in [2.05, 4.69) is 25.9 Å². The summed E-state index contributed by atoms with van der Waals surface area (Å²) in [6.45, 7) is 5.18. The molecule has 3 amide bonds. The fourth-order valence-electron chi connectivity index (χ4n) is 2.88. The van der Waals surface area contributed by atoms with Gasteiger partial charge >= 0.3 is 11.9 Å². The Bertz CT molecular complexity index is 850. The van der Waals surface area contributed by atoms with Crippen LogP contribution in [0.4, 0.5) is 0 Å². The molecule has 0 aliphatic carbocycles. The number of nitrogens with zero attached hydrogens (tertiary/aromatic N) is 1. The van der Waals surface area contributed by atoms with Gasteiger partial charge in [0.25, 0.3) is 0 Å². The average molecular weight is 483 g/mol. The Labute approximate surface area is 197 Å². The fraction of sp³-hybridized carbons (Fsp3) is 0.619. The Hall–Kier alpha value is -3.48. The fourth-order valence-corrected chi connectivity index (χ4v) is 2.88. The Morgan fingerprint density at radius 2 is 1.62 bits per heavy atom. The van der Waals surface area contributed by atoms with Crippen LogP contribution in [0.1, 0.15) is 52.1 Å². The molecule has 3 atom stereocenters. The summed E-state index contributed by atoms with van der Waals surface area (Å²) in [7, 11) is 0. The van der Waals surface area contributed by atoms with E-state index in [-0.39, 0.29) is 12.8 Å². The van der Waals surface area contributed by atoms with Crippen molar-refractivity contribution in [3.05, 3.63) is 18.2 Å². The molecule has 13 heteroatoms. The van der Waals surface area contributed by atoms with Crippen molar-refractivity contribution in [2.45, 2.75) is 71.0 Å². The smallest absolute Gasteiger partial charge is 0.326 e. The molecule has 1 aromatic heterocycles. The van der Waals surface area contributed by atoms with E-state index in [0.29, 0.717) is 25.1 Å². The van der Waals surface area contributed by atoms with Crippen LogP contribution in [0.25, 0.3) is 0 Å². The van der Waals surface area contributed by atoms with Crippen molar-refractivity contribution in [2.75, 3.05) is 6.54 Å². The molecular weight excluding hydrogens is 448 g/mol. The maximum Gasteiger partial charge on any atom is 0.326 e. The Kier molecular flexibility index (Phi) is 11.2. The number of carboxylic acids is 2. The topological polar surface area (TPSA) is 217 Å². The van der Waals surface area contributed by atoms with Gasteiger partial charge in [0.2, 0.25) is 17.7 Å². The molecule has 8 N–H and O–H groups in total. The van der Waals surface area contributed by atoms with Crippen LogP contribution < -0.4 is 21.7 Å². The highest BCUT2D eigenvalue weighted by Gasteiger charge is 2.33. The number of carbonyl (C=O) groups excluding carboxylic acids is 3. The first-order valence-electron chi connectivity index (χ1n) is 10.9. The minimum Gasteiger partial charge on any atom is -0.481 e. The number of carboxylic acid groups (broad SMARTS) is 2. The first-order valence-corrected chi connectivity index (χ1v) is 10.9. The van der Waals surface area contributed by atoms with Gasteiger partial charge < -0.3 is 36.9 Å². The number of aliphatic carboxylic acids is 2. The molecule has 34 heavy (non-hydrogen) atoms. The number of amides is 3. The third-order valence-electron chi connectivity index (χ3n) is 4.86. The summed E-state index contributed by atoms with van der Waals surface area (Å²) in [5.74, 6) is -4.78. The summed E-state index contributed by atoms with van der Waals surface area (Å²) >= 11 is 0. The standard InChI is InChI=1S/C21H34N6O7/c1-21(2,3)20(34)27-15(9-16(28)29)18(31)26-14(8-12-10-23-11-24-12)17(30)25-13(19(32)33)6-4-5-7-22/h10-11,13-15H,4-9,22H2,1-3H3,(H,23,24)(H,25,30)(H,26,31)(H,27,34)(H,28,29)(H,32,33). The quantitative estimate of drug-likeness (QED) is 0.164. The number of carbonyl (C=O) groups is 5. The minimum atomic E-state index is -1.44. The molecule has 0 saturated heterocycles. The lowest BCUT2D eigenvalue weighted by Gasteiger charge is -2.26. The van der Waals surface area contributed by atoms with Gasteiger partial charge in [-0.15, -0.1) is 0 Å². The van der Waals surface area contributed by atoms with Gasteiger partial charge in [0.1, 0.15) is 18.1 Å². The molecule has 0 radical (unpaired) electrons. The molecule has 0 spiro atoms. The number of imidazole rings is 1. The monoisotopic (exact) mass is 482 g/mol. The Morgan fingerprint density at radius 3 is 2.12 bits per heavy atom. The van der Waals surface area contributed by atoms with Crippen LogP contribution in [0.5, 0.6) is 0 Å². The predicted octanol–water partition coefficient (Wildman–Crippen LogP) is -0.859. The number of H-pyrrole nitrogens is 1. The van der Waals surface area contributed by atoms with E-state index in [4.69, 9.17) is 5.73 Å². The van der Waals surface area contributed by atoms with Gasteiger partial charge in [-0.05, 0) is 25.8 Å². The van der Waals surface area contributed by atoms with E-state index >= 15 is 0 Å². The molecule has 1 heterocycles. The molecule has 0 bridgehead atoms. The molecule has 3 unspecified atom stereocenters. The SMILES string of the molecule is CC(C)(C)C(=O)NC(CC(=O)O)C(=O)NC(Cc1cnc[nH]1)C(=O)NC(CCCCN)C(=O)O. The van der Waals surface area contributed by atoms with Crippen molar-refractivity contribution in [1.82, 2.24) is 25.9 Å². The second-order valence-corrected chi connectivity index (χ2v) is 8.90. The summed E-state index contributed by atoms with van der Waals surface area (Å²) in [6.07, 6.45) is 3.23. The predicted molar refractivity (Wildman–Crippen MR) is 120 cm³/mol. The second-order valence-electron chi connectivity index (χ2n) is 8.90. The zero-order chi connectivity index (χ0) is 25.9. The van der Waals surface area contributed by atoms with Crippen molar-refractivity contribution in [3.8, 4) is 0 Å². The maximum atomic E-state index is 12.9. The van der Waals surface area contributed by atoms with E-state index in [1.165, 1.54) is 12.5 Å². The normalized spacial score (nSPS) is 13.9. The van der Waals surface area contributed by atoms with Gasteiger partial charge in [-0.3, -0.25) is 19.2 Å². The van der Waals surface area contributed by atoms with Crippen LogP contribution in [0.15, 0.2) is 12.5 Å². The van der Waals surface area contributed by atoms with Crippen LogP contribution in [-0.4, -0.2) is 74.5 Å². The molecule has 0 aliphatic heterocycles. The highest BCUT2D eigenvalue weighted by atomic mass is 16.4. The summed E-state index contributed by atoms with van der Waals surface area (Å²) in [5, 5.41) is 25.9. The lowest BCUT2D eigenvalue weighted by Crippen LogP contribution is -2.57. The van der Waals surface area contributed by atoms with Crippen molar-refractivity contribution in [2.24, 2.45) is 11.1 Å². The Morgan fingerprint density at radius 1 is 1.00 bits per heavy atom. The first-order chi connectivity index (χ1) is 15.8. The van der Waals surface area contributed by atoms with Crippen molar-refractivity contribution < 1.29 is 34.2 Å². The molecule has 0 fully saturated rings. The third kappa shape index (κ3) is 9.98. The van der Waals surface area contributed by atoms with Gasteiger partial charge in [-0.1, -0.05) is 20.8 Å². The van der Waals surface area contributed by atoms with Crippen LogP contribution in [0.2, 0.25) is 0 Å². The number of hydrogen-bond acceptors (Lipinski definition) is 7. The Balaban J connectivity index is 3.05. The number of nitrogens with one attached hydrogen (secondary N) is 4. The van der Waals surface area contributed by atoms with E-state index in [1.807, 2.05) is 0 Å². The molecule has 1 aromatic rings. The van der Waals surface area contributed by atoms with Gasteiger partial charge in [0, 0.05) is 23.7 Å². The highest BCUT2D eigenvalue weighted by Crippen LogP contribution is 2.13. The lowest BCUT2D eigenvalue weighted by molar-refractivity contribution is -0.143. The first kappa shape index (κ1) is 28.6. The largest absolute Gasteiger partial charge is 0.481 e. The average Bonchev–Trinajstić information content (AvgIpc) is 3.23. The number of nitrogens with two attached hydrogens (primary N) is 1. The summed E-state index contributed by atoms with van der Waals surface area (Å²) < 4.78 is 0. The van der Waals surface area contributed by atoms with Gasteiger partial charge in [-0.25, -0.2) is 9.78 Å². The minimum absolute atomic E-state index is 0.0697. The van der Waals surface area contributed by atoms with Crippen LogP contribution >= 0.6 is 0 Å². The summed E-state index contributed by atoms with van der Waals surface area (Å²) in [6, 6.07) is -3.90. The van der Waals surface area contributed by atoms with Crippen LogP contribution in [0, 0.1) is 5.41 Å². The molecular formula is C21H34N6O7. The van der Waals surface area contributed by atoms with Crippen LogP contribution in [0.3, 0.4) is 0 Å². The molecule has 0 saturated carbocycles. The zero-order valence-corrected chi connectivity index (χ0v) is 19.6. The molecule has 0 aliphatic rings. The molecule has 0 aromatic carbocycles. The van der Waals surface area contributed by atoms with E-state index in [1.54, 1.807) is 20.8 Å². The van der Waals surface area contributed by atoms with Crippen molar-refractivity contribution in [1.29, 1.82) is 0 Å². The lowest BCUT2D eigenvalue weighted by atomic mass is 9.95. The summed E-state index contributed by atoms with van der Waals surface area (Å²) in [5.41, 5.74) is 5.02. The zero-order valence-electron chi connectivity index (χ0n) is 19.6. The molecule has 190 valence electrons. The molecule has 1 rings (SSSR count). The number of hydrogen-bond donors (Lipinski definition) is 7. The maximum absolute atomic E-state index is 12.9. The second kappa shape index (κ2) is 13.3. The van der Waals surface area contributed by atoms with E-state index < -0.39 is 59.6 Å². The van der Waals surface area contributed by atoms with Crippen molar-refractivity contribution >= 4 is 29.7 Å². The number of rotatable bonds is 14. The highest BCUT2D eigenvalue weighted by molar-refractivity contribution is 5.95.